The number of non-ortho nitro benzene ring substituents is 1. The maximum atomic E-state index is 12.8. The van der Waals surface area contributed by atoms with E-state index < -0.39 is 20.9 Å². The number of carbonyl (C=O) groups excluding carboxylic acids is 1. The summed E-state index contributed by atoms with van der Waals surface area (Å²) >= 11 is 0. The molecular formula is C21H22N4O7S. The van der Waals surface area contributed by atoms with Crippen molar-refractivity contribution in [2.75, 3.05) is 6.54 Å². The van der Waals surface area contributed by atoms with E-state index in [9.17, 15) is 23.3 Å². The fourth-order valence-corrected chi connectivity index (χ4v) is 3.57. The van der Waals surface area contributed by atoms with Gasteiger partial charge < -0.3 is 14.6 Å². The topological polar surface area (TPSA) is 168 Å². The molecule has 33 heavy (non-hydrogen) atoms. The number of benzene rings is 2. The molecule has 174 valence electrons. The zero-order chi connectivity index (χ0) is 24.2. The van der Waals surface area contributed by atoms with Crippen molar-refractivity contribution in [3.8, 4) is 5.75 Å². The summed E-state index contributed by atoms with van der Waals surface area (Å²) in [6.07, 6.45) is 0.404. The van der Waals surface area contributed by atoms with Crippen LogP contribution in [0.15, 0.2) is 51.9 Å². The van der Waals surface area contributed by atoms with Gasteiger partial charge in [-0.15, -0.1) is 0 Å². The third-order valence-corrected chi connectivity index (χ3v) is 5.85. The number of hydrogen-bond donors (Lipinski definition) is 2. The van der Waals surface area contributed by atoms with E-state index in [2.05, 4.69) is 10.5 Å². The van der Waals surface area contributed by atoms with Gasteiger partial charge in [-0.3, -0.25) is 14.9 Å². The number of nitrogens with zero attached hydrogens (tertiary/aromatic N) is 2. The molecule has 0 aliphatic rings. The monoisotopic (exact) mass is 474 g/mol. The summed E-state index contributed by atoms with van der Waals surface area (Å²) in [5.74, 6) is 0.207. The summed E-state index contributed by atoms with van der Waals surface area (Å²) in [6, 6.07) is 9.73. The third-order valence-electron chi connectivity index (χ3n) is 4.92. The highest BCUT2D eigenvalue weighted by Crippen LogP contribution is 2.26. The van der Waals surface area contributed by atoms with Crippen LogP contribution in [0.1, 0.15) is 32.9 Å². The Balaban J connectivity index is 1.71. The van der Waals surface area contributed by atoms with Crippen molar-refractivity contribution in [2.24, 2.45) is 5.14 Å². The minimum atomic E-state index is -3.78. The Morgan fingerprint density at radius 3 is 2.48 bits per heavy atom. The van der Waals surface area contributed by atoms with Crippen LogP contribution in [0.25, 0.3) is 0 Å². The van der Waals surface area contributed by atoms with Gasteiger partial charge in [0.15, 0.2) is 0 Å². The van der Waals surface area contributed by atoms with Crippen molar-refractivity contribution in [1.29, 1.82) is 0 Å². The number of sulfonamides is 1. The standard InChI is InChI=1S/C21H22N4O7S/c1-13-19(14(2)32-24-13)12-31-20-8-5-16(25(27)28)11-18(20)21(26)23-10-9-15-3-6-17(7-4-15)33(22,29)30/h3-8,11H,9-10,12H2,1-2H3,(H,23,26)(H2,22,29,30). The first-order valence-electron chi connectivity index (χ1n) is 9.79. The maximum absolute atomic E-state index is 12.8. The highest BCUT2D eigenvalue weighted by molar-refractivity contribution is 7.89. The maximum Gasteiger partial charge on any atom is 0.270 e. The first-order valence-corrected chi connectivity index (χ1v) is 11.3. The lowest BCUT2D eigenvalue weighted by Gasteiger charge is -2.12. The summed E-state index contributed by atoms with van der Waals surface area (Å²) in [5, 5.41) is 22.8. The summed E-state index contributed by atoms with van der Waals surface area (Å²) in [6.45, 7) is 3.78. The molecular weight excluding hydrogens is 452 g/mol. The number of ether oxygens (including phenoxy) is 1. The van der Waals surface area contributed by atoms with Crippen LogP contribution >= 0.6 is 0 Å². The molecule has 3 rings (SSSR count). The van der Waals surface area contributed by atoms with Gasteiger partial charge in [-0.2, -0.15) is 0 Å². The second kappa shape index (κ2) is 9.79. The number of hydrogen-bond acceptors (Lipinski definition) is 8. The molecule has 0 saturated carbocycles. The van der Waals surface area contributed by atoms with Crippen LogP contribution in [0, 0.1) is 24.0 Å². The van der Waals surface area contributed by atoms with Crippen molar-refractivity contribution >= 4 is 21.6 Å². The Morgan fingerprint density at radius 2 is 1.91 bits per heavy atom. The van der Waals surface area contributed by atoms with Crippen LogP contribution in [-0.2, 0) is 23.1 Å². The fraction of sp³-hybridized carbons (Fsp3) is 0.238. The van der Waals surface area contributed by atoms with Gasteiger partial charge in [-0.25, -0.2) is 13.6 Å². The molecule has 1 heterocycles. The minimum Gasteiger partial charge on any atom is -0.488 e. The number of primary sulfonamides is 1. The Kier molecular flexibility index (Phi) is 7.09. The average Bonchev–Trinajstić information content (AvgIpc) is 3.09. The van der Waals surface area contributed by atoms with Crippen LogP contribution in [-0.4, -0.2) is 30.9 Å². The highest BCUT2D eigenvalue weighted by Gasteiger charge is 2.19. The molecule has 2 aromatic carbocycles. The number of carbonyl (C=O) groups is 1. The number of aromatic nitrogens is 1. The Hall–Kier alpha value is -3.77. The zero-order valence-corrected chi connectivity index (χ0v) is 18.7. The third kappa shape index (κ3) is 5.93. The Morgan fingerprint density at radius 1 is 1.21 bits per heavy atom. The molecule has 1 amide bonds. The summed E-state index contributed by atoms with van der Waals surface area (Å²) in [4.78, 5) is 23.3. The summed E-state index contributed by atoms with van der Waals surface area (Å²) in [7, 11) is -3.78. The van der Waals surface area contributed by atoms with Crippen LogP contribution in [0.3, 0.4) is 0 Å². The predicted octanol–water partition coefficient (Wildman–Crippen LogP) is 2.40. The lowest BCUT2D eigenvalue weighted by molar-refractivity contribution is -0.384. The van der Waals surface area contributed by atoms with E-state index in [4.69, 9.17) is 14.4 Å². The number of nitro groups is 1. The summed E-state index contributed by atoms with van der Waals surface area (Å²) in [5.41, 5.74) is 1.91. The van der Waals surface area contributed by atoms with Crippen molar-refractivity contribution < 1.29 is 27.4 Å². The van der Waals surface area contributed by atoms with Gasteiger partial charge >= 0.3 is 0 Å². The van der Waals surface area contributed by atoms with Crippen LogP contribution in [0.2, 0.25) is 0 Å². The van der Waals surface area contributed by atoms with E-state index in [1.165, 1.54) is 24.3 Å². The van der Waals surface area contributed by atoms with Gasteiger partial charge in [0.2, 0.25) is 10.0 Å². The molecule has 0 saturated heterocycles. The van der Waals surface area contributed by atoms with Crippen molar-refractivity contribution in [1.82, 2.24) is 10.5 Å². The van der Waals surface area contributed by atoms with Gasteiger partial charge in [0.25, 0.3) is 11.6 Å². The number of nitrogens with two attached hydrogens (primary N) is 1. The van der Waals surface area contributed by atoms with Crippen LogP contribution < -0.4 is 15.2 Å². The smallest absolute Gasteiger partial charge is 0.270 e. The van der Waals surface area contributed by atoms with Crippen molar-refractivity contribution in [2.45, 2.75) is 31.8 Å². The molecule has 0 aliphatic carbocycles. The Labute approximate surface area is 189 Å². The molecule has 3 N–H and O–H groups in total. The number of amides is 1. The normalized spacial score (nSPS) is 11.2. The molecule has 12 heteroatoms. The molecule has 0 atom stereocenters. The molecule has 1 aromatic heterocycles. The fourth-order valence-electron chi connectivity index (χ4n) is 3.05. The minimum absolute atomic E-state index is 0.00744. The molecule has 0 fully saturated rings. The van der Waals surface area contributed by atoms with Gasteiger partial charge in [0, 0.05) is 18.7 Å². The van der Waals surface area contributed by atoms with Gasteiger partial charge in [0.1, 0.15) is 18.1 Å². The first kappa shape index (κ1) is 23.9. The SMILES string of the molecule is Cc1noc(C)c1COc1ccc([N+](=O)[O-])cc1C(=O)NCCc1ccc(S(N)(=O)=O)cc1. The zero-order valence-electron chi connectivity index (χ0n) is 17.9. The van der Waals surface area contributed by atoms with E-state index in [1.807, 2.05) is 0 Å². The highest BCUT2D eigenvalue weighted by atomic mass is 32.2. The number of rotatable bonds is 9. The molecule has 0 radical (unpaired) electrons. The first-order chi connectivity index (χ1) is 15.6. The average molecular weight is 474 g/mol. The van der Waals surface area contributed by atoms with Gasteiger partial charge in [0.05, 0.1) is 26.6 Å². The molecule has 0 aliphatic heterocycles. The largest absolute Gasteiger partial charge is 0.488 e. The van der Waals surface area contributed by atoms with E-state index in [-0.39, 0.29) is 35.0 Å². The van der Waals surface area contributed by atoms with Gasteiger partial charge in [-0.1, -0.05) is 17.3 Å². The van der Waals surface area contributed by atoms with Crippen LogP contribution in [0.5, 0.6) is 5.75 Å². The van der Waals surface area contributed by atoms with E-state index >= 15 is 0 Å². The summed E-state index contributed by atoms with van der Waals surface area (Å²) < 4.78 is 33.5. The molecule has 0 spiro atoms. The lowest BCUT2D eigenvalue weighted by Crippen LogP contribution is -2.26. The molecule has 11 nitrogen and oxygen atoms in total. The second-order valence-corrected chi connectivity index (χ2v) is 8.79. The molecule has 3 aromatic rings. The second-order valence-electron chi connectivity index (χ2n) is 7.22. The van der Waals surface area contributed by atoms with E-state index in [0.717, 1.165) is 17.2 Å². The predicted molar refractivity (Wildman–Crippen MR) is 117 cm³/mol. The molecule has 0 unspecified atom stereocenters. The van der Waals surface area contributed by atoms with Crippen LogP contribution in [0.4, 0.5) is 5.69 Å². The Bertz CT molecular complexity index is 1260. The van der Waals surface area contributed by atoms with Crippen molar-refractivity contribution in [3.05, 3.63) is 80.7 Å². The lowest BCUT2D eigenvalue weighted by atomic mass is 10.1. The number of nitro benzene ring substituents is 1. The van der Waals surface area contributed by atoms with Gasteiger partial charge in [-0.05, 0) is 44.0 Å². The number of nitrogens with one attached hydrogen (secondary N) is 1. The van der Waals surface area contributed by atoms with E-state index in [0.29, 0.717) is 17.9 Å². The molecule has 0 bridgehead atoms. The number of aryl methyl sites for hydroxylation is 2. The van der Waals surface area contributed by atoms with Crippen molar-refractivity contribution in [3.63, 3.8) is 0 Å². The quantitative estimate of drug-likeness (QED) is 0.352. The van der Waals surface area contributed by atoms with E-state index in [1.54, 1.807) is 26.0 Å².